The molecule has 0 unspecified atom stereocenters. The second-order valence-corrected chi connectivity index (χ2v) is 3.77. The van der Waals surface area contributed by atoms with Gasteiger partial charge in [-0.15, -0.1) is 0 Å². The van der Waals surface area contributed by atoms with E-state index in [4.69, 9.17) is 4.52 Å². The Labute approximate surface area is 104 Å². The summed E-state index contributed by atoms with van der Waals surface area (Å²) in [5.41, 5.74) is 0.822. The highest BCUT2D eigenvalue weighted by molar-refractivity contribution is 5.80. The quantitative estimate of drug-likeness (QED) is 0.826. The third-order valence-electron chi connectivity index (χ3n) is 2.25. The minimum atomic E-state index is -0.124. The van der Waals surface area contributed by atoms with E-state index in [1.807, 2.05) is 18.2 Å². The van der Waals surface area contributed by atoms with E-state index in [-0.39, 0.29) is 12.5 Å². The van der Waals surface area contributed by atoms with Crippen molar-refractivity contribution >= 4 is 11.7 Å². The van der Waals surface area contributed by atoms with Gasteiger partial charge in [-0.25, -0.2) is 0 Å². The van der Waals surface area contributed by atoms with Crippen molar-refractivity contribution in [3.05, 3.63) is 41.9 Å². The first kappa shape index (κ1) is 12.1. The van der Waals surface area contributed by atoms with Crippen molar-refractivity contribution in [2.45, 2.75) is 13.5 Å². The summed E-state index contributed by atoms with van der Waals surface area (Å²) in [7, 11) is 0. The Hall–Kier alpha value is -2.37. The standard InChI is InChI=1S/C12H14N4O2/c1-9-6-11(16-18-9)14-8-12(17)15-7-10-4-2-3-5-13-10/h2-6H,7-8H2,1H3,(H,14,16)(H,15,17). The third kappa shape index (κ3) is 3.58. The van der Waals surface area contributed by atoms with Crippen LogP contribution in [0.5, 0.6) is 0 Å². The fourth-order valence-corrected chi connectivity index (χ4v) is 1.37. The van der Waals surface area contributed by atoms with Crippen LogP contribution in [0.4, 0.5) is 5.82 Å². The number of aryl methyl sites for hydroxylation is 1. The number of carbonyl (C=O) groups excluding carboxylic acids is 1. The van der Waals surface area contributed by atoms with Crippen LogP contribution in [0.15, 0.2) is 35.0 Å². The van der Waals surface area contributed by atoms with Crippen molar-refractivity contribution in [1.29, 1.82) is 0 Å². The van der Waals surface area contributed by atoms with Crippen molar-refractivity contribution in [1.82, 2.24) is 15.5 Å². The molecule has 0 aliphatic heterocycles. The second kappa shape index (κ2) is 5.81. The van der Waals surface area contributed by atoms with Crippen molar-refractivity contribution in [3.8, 4) is 0 Å². The van der Waals surface area contributed by atoms with Crippen LogP contribution in [0, 0.1) is 6.92 Å². The molecule has 2 rings (SSSR count). The molecular weight excluding hydrogens is 232 g/mol. The van der Waals surface area contributed by atoms with Gasteiger partial charge in [0.2, 0.25) is 5.91 Å². The molecule has 6 nitrogen and oxygen atoms in total. The molecule has 2 aromatic rings. The van der Waals surface area contributed by atoms with E-state index in [1.54, 1.807) is 19.2 Å². The summed E-state index contributed by atoms with van der Waals surface area (Å²) in [6.07, 6.45) is 1.69. The molecule has 0 fully saturated rings. The number of anilines is 1. The first-order valence-corrected chi connectivity index (χ1v) is 5.58. The zero-order valence-electron chi connectivity index (χ0n) is 10.0. The second-order valence-electron chi connectivity index (χ2n) is 3.77. The van der Waals surface area contributed by atoms with Gasteiger partial charge in [-0.1, -0.05) is 11.2 Å². The van der Waals surface area contributed by atoms with Crippen LogP contribution in [0.2, 0.25) is 0 Å². The van der Waals surface area contributed by atoms with Gasteiger partial charge in [0, 0.05) is 12.3 Å². The van der Waals surface area contributed by atoms with Gasteiger partial charge in [0.05, 0.1) is 18.8 Å². The molecule has 0 saturated heterocycles. The smallest absolute Gasteiger partial charge is 0.239 e. The molecule has 0 saturated carbocycles. The maximum atomic E-state index is 11.5. The fraction of sp³-hybridized carbons (Fsp3) is 0.250. The van der Waals surface area contributed by atoms with Crippen LogP contribution >= 0.6 is 0 Å². The molecule has 94 valence electrons. The highest BCUT2D eigenvalue weighted by Gasteiger charge is 2.04. The molecule has 0 spiro atoms. The fourth-order valence-electron chi connectivity index (χ4n) is 1.37. The Morgan fingerprint density at radius 1 is 1.44 bits per heavy atom. The Bertz CT molecular complexity index is 510. The number of rotatable bonds is 5. The lowest BCUT2D eigenvalue weighted by atomic mass is 10.3. The lowest BCUT2D eigenvalue weighted by Gasteiger charge is -2.04. The van der Waals surface area contributed by atoms with Gasteiger partial charge in [-0.3, -0.25) is 9.78 Å². The van der Waals surface area contributed by atoms with Crippen LogP contribution in [0.3, 0.4) is 0 Å². The molecule has 0 bridgehead atoms. The summed E-state index contributed by atoms with van der Waals surface area (Å²) >= 11 is 0. The van der Waals surface area contributed by atoms with Gasteiger partial charge >= 0.3 is 0 Å². The molecule has 6 heteroatoms. The van der Waals surface area contributed by atoms with E-state index in [0.29, 0.717) is 18.1 Å². The Kier molecular flexibility index (Phi) is 3.90. The van der Waals surface area contributed by atoms with Gasteiger partial charge in [-0.05, 0) is 19.1 Å². The first-order chi connectivity index (χ1) is 8.74. The molecule has 0 radical (unpaired) electrons. The molecule has 2 aromatic heterocycles. The van der Waals surface area contributed by atoms with E-state index in [2.05, 4.69) is 20.8 Å². The van der Waals surface area contributed by atoms with Crippen LogP contribution in [-0.2, 0) is 11.3 Å². The van der Waals surface area contributed by atoms with E-state index in [0.717, 1.165) is 5.69 Å². The lowest BCUT2D eigenvalue weighted by molar-refractivity contribution is -0.119. The Morgan fingerprint density at radius 3 is 3.00 bits per heavy atom. The minimum Gasteiger partial charge on any atom is -0.360 e. The highest BCUT2D eigenvalue weighted by atomic mass is 16.5. The molecule has 2 N–H and O–H groups in total. The van der Waals surface area contributed by atoms with Crippen molar-refractivity contribution in [2.24, 2.45) is 0 Å². The third-order valence-corrected chi connectivity index (χ3v) is 2.25. The van der Waals surface area contributed by atoms with Gasteiger partial charge in [-0.2, -0.15) is 0 Å². The Balaban J connectivity index is 1.73. The van der Waals surface area contributed by atoms with Crippen LogP contribution in [0.25, 0.3) is 0 Å². The number of carbonyl (C=O) groups is 1. The molecule has 0 aliphatic rings. The number of hydrogen-bond acceptors (Lipinski definition) is 5. The molecule has 1 amide bonds. The summed E-state index contributed by atoms with van der Waals surface area (Å²) in [4.78, 5) is 15.6. The first-order valence-electron chi connectivity index (χ1n) is 5.58. The van der Waals surface area contributed by atoms with Crippen LogP contribution < -0.4 is 10.6 Å². The average molecular weight is 246 g/mol. The molecule has 0 aliphatic carbocycles. The summed E-state index contributed by atoms with van der Waals surface area (Å²) < 4.78 is 4.87. The van der Waals surface area contributed by atoms with E-state index >= 15 is 0 Å². The van der Waals surface area contributed by atoms with E-state index in [1.165, 1.54) is 0 Å². The number of nitrogens with zero attached hydrogens (tertiary/aromatic N) is 2. The predicted octanol–water partition coefficient (Wildman–Crippen LogP) is 1.11. The molecule has 0 atom stereocenters. The van der Waals surface area contributed by atoms with Gasteiger partial charge in [0.15, 0.2) is 5.82 Å². The van der Waals surface area contributed by atoms with E-state index in [9.17, 15) is 4.79 Å². The summed E-state index contributed by atoms with van der Waals surface area (Å²) in [5, 5.41) is 9.35. The lowest BCUT2D eigenvalue weighted by Crippen LogP contribution is -2.29. The highest BCUT2D eigenvalue weighted by Crippen LogP contribution is 2.05. The zero-order valence-corrected chi connectivity index (χ0v) is 10.0. The van der Waals surface area contributed by atoms with E-state index < -0.39 is 0 Å². The predicted molar refractivity (Wildman–Crippen MR) is 65.8 cm³/mol. The van der Waals surface area contributed by atoms with Gasteiger partial charge < -0.3 is 15.2 Å². The monoisotopic (exact) mass is 246 g/mol. The SMILES string of the molecule is Cc1cc(NCC(=O)NCc2ccccn2)no1. The number of pyridine rings is 1. The molecule has 2 heterocycles. The van der Waals surface area contributed by atoms with Crippen LogP contribution in [0.1, 0.15) is 11.5 Å². The summed E-state index contributed by atoms with van der Waals surface area (Å²) in [6, 6.07) is 7.30. The average Bonchev–Trinajstić information content (AvgIpc) is 2.81. The normalized spacial score (nSPS) is 10.1. The zero-order chi connectivity index (χ0) is 12.8. The van der Waals surface area contributed by atoms with Crippen molar-refractivity contribution < 1.29 is 9.32 Å². The largest absolute Gasteiger partial charge is 0.360 e. The Morgan fingerprint density at radius 2 is 2.33 bits per heavy atom. The van der Waals surface area contributed by atoms with Crippen molar-refractivity contribution in [2.75, 3.05) is 11.9 Å². The molecular formula is C12H14N4O2. The number of hydrogen-bond donors (Lipinski definition) is 2. The number of nitrogens with one attached hydrogen (secondary N) is 2. The topological polar surface area (TPSA) is 80.0 Å². The maximum Gasteiger partial charge on any atom is 0.239 e. The molecule has 18 heavy (non-hydrogen) atoms. The summed E-state index contributed by atoms with van der Waals surface area (Å²) in [6.45, 7) is 2.36. The van der Waals surface area contributed by atoms with Crippen LogP contribution in [-0.4, -0.2) is 22.6 Å². The minimum absolute atomic E-state index is 0.124. The van der Waals surface area contributed by atoms with Gasteiger partial charge in [0.1, 0.15) is 5.76 Å². The molecule has 0 aromatic carbocycles. The maximum absolute atomic E-state index is 11.5. The number of amides is 1. The summed E-state index contributed by atoms with van der Waals surface area (Å²) in [5.74, 6) is 1.13. The van der Waals surface area contributed by atoms with Gasteiger partial charge in [0.25, 0.3) is 0 Å². The van der Waals surface area contributed by atoms with Crippen molar-refractivity contribution in [3.63, 3.8) is 0 Å². The number of aromatic nitrogens is 2.